The van der Waals surface area contributed by atoms with Gasteiger partial charge in [0.05, 0.1) is 19.1 Å². The van der Waals surface area contributed by atoms with Crippen molar-refractivity contribution in [2.45, 2.75) is 18.9 Å². The fraction of sp³-hybridized carbons (Fsp3) is 0.455. The smallest absolute Gasteiger partial charge is 0.229 e. The van der Waals surface area contributed by atoms with Crippen LogP contribution < -0.4 is 15.2 Å². The van der Waals surface area contributed by atoms with Crippen LogP contribution in [0.5, 0.6) is 5.75 Å². The summed E-state index contributed by atoms with van der Waals surface area (Å²) >= 11 is 0. The molecule has 2 rings (SSSR count). The van der Waals surface area contributed by atoms with Crippen LogP contribution in [0.25, 0.3) is 0 Å². The van der Waals surface area contributed by atoms with Crippen molar-refractivity contribution in [2.75, 3.05) is 18.1 Å². The highest BCUT2D eigenvalue weighted by Crippen LogP contribution is 2.40. The van der Waals surface area contributed by atoms with Gasteiger partial charge in [-0.05, 0) is 24.5 Å². The van der Waals surface area contributed by atoms with Crippen molar-refractivity contribution in [1.82, 2.24) is 0 Å². The second-order valence-corrected chi connectivity index (χ2v) is 5.98. The lowest BCUT2D eigenvalue weighted by Gasteiger charge is -2.14. The monoisotopic (exact) mass is 256 g/mol. The maximum absolute atomic E-state index is 11.2. The summed E-state index contributed by atoms with van der Waals surface area (Å²) in [6, 6.07) is 3.58. The number of benzene rings is 1. The van der Waals surface area contributed by atoms with Gasteiger partial charge in [-0.3, -0.25) is 4.72 Å². The average Bonchev–Trinajstić information content (AvgIpc) is 2.58. The maximum atomic E-state index is 11.2. The molecule has 1 aromatic carbocycles. The summed E-state index contributed by atoms with van der Waals surface area (Å²) in [7, 11) is -1.77. The molecule has 1 aliphatic rings. The molecule has 0 amide bonds. The first kappa shape index (κ1) is 12.2. The number of rotatable bonds is 3. The standard InChI is InChI=1S/C11H16N2O3S/c1-16-11-8-3-5-9(12)7(8)4-6-10(11)13-17(2,14)15/h4,6,9,13H,3,5,12H2,1-2H3. The predicted octanol–water partition coefficient (Wildman–Crippen LogP) is 1.01. The van der Waals surface area contributed by atoms with E-state index in [1.54, 1.807) is 6.07 Å². The van der Waals surface area contributed by atoms with Crippen LogP contribution >= 0.6 is 0 Å². The Labute approximate surface area is 101 Å². The van der Waals surface area contributed by atoms with Crippen molar-refractivity contribution in [1.29, 1.82) is 0 Å². The lowest BCUT2D eigenvalue weighted by Crippen LogP contribution is -2.12. The number of sulfonamides is 1. The van der Waals surface area contributed by atoms with Crippen LogP contribution in [-0.4, -0.2) is 21.8 Å². The number of nitrogens with two attached hydrogens (primary N) is 1. The summed E-state index contributed by atoms with van der Waals surface area (Å²) in [5, 5.41) is 0. The molecule has 17 heavy (non-hydrogen) atoms. The van der Waals surface area contributed by atoms with Crippen LogP contribution in [0, 0.1) is 0 Å². The first-order valence-electron chi connectivity index (χ1n) is 5.35. The third-order valence-electron chi connectivity index (χ3n) is 2.90. The lowest BCUT2D eigenvalue weighted by atomic mass is 10.1. The van der Waals surface area contributed by atoms with Gasteiger partial charge in [-0.15, -0.1) is 0 Å². The molecular formula is C11H16N2O3S. The Hall–Kier alpha value is -1.27. The molecule has 1 unspecified atom stereocenters. The van der Waals surface area contributed by atoms with Gasteiger partial charge in [0.2, 0.25) is 10.0 Å². The van der Waals surface area contributed by atoms with E-state index in [2.05, 4.69) is 4.72 Å². The van der Waals surface area contributed by atoms with Crippen molar-refractivity contribution < 1.29 is 13.2 Å². The average molecular weight is 256 g/mol. The van der Waals surface area contributed by atoms with E-state index >= 15 is 0 Å². The van der Waals surface area contributed by atoms with E-state index < -0.39 is 10.0 Å². The summed E-state index contributed by atoms with van der Waals surface area (Å²) < 4.78 is 30.2. The Morgan fingerprint density at radius 1 is 1.47 bits per heavy atom. The van der Waals surface area contributed by atoms with Gasteiger partial charge in [0, 0.05) is 11.6 Å². The SMILES string of the molecule is COc1c(NS(C)(=O)=O)ccc2c1CCC2N. The molecule has 1 atom stereocenters. The molecular weight excluding hydrogens is 240 g/mol. The molecule has 0 spiro atoms. The number of hydrogen-bond acceptors (Lipinski definition) is 4. The van der Waals surface area contributed by atoms with E-state index in [0.29, 0.717) is 11.4 Å². The summed E-state index contributed by atoms with van der Waals surface area (Å²) in [6.07, 6.45) is 2.80. The van der Waals surface area contributed by atoms with Crippen LogP contribution in [0.1, 0.15) is 23.6 Å². The van der Waals surface area contributed by atoms with E-state index in [9.17, 15) is 8.42 Å². The zero-order valence-electron chi connectivity index (χ0n) is 9.86. The van der Waals surface area contributed by atoms with E-state index in [0.717, 1.165) is 30.2 Å². The molecule has 3 N–H and O–H groups in total. The maximum Gasteiger partial charge on any atom is 0.229 e. The van der Waals surface area contributed by atoms with Crippen LogP contribution in [0.4, 0.5) is 5.69 Å². The zero-order chi connectivity index (χ0) is 12.6. The fourth-order valence-electron chi connectivity index (χ4n) is 2.22. The van der Waals surface area contributed by atoms with Crippen molar-refractivity contribution in [2.24, 2.45) is 5.73 Å². The Kier molecular flexibility index (Phi) is 3.01. The summed E-state index contributed by atoms with van der Waals surface area (Å²) in [5.41, 5.74) is 8.48. The van der Waals surface area contributed by atoms with Crippen molar-refractivity contribution in [3.05, 3.63) is 23.3 Å². The first-order chi connectivity index (χ1) is 7.92. The molecule has 0 fully saturated rings. The van der Waals surface area contributed by atoms with E-state index in [-0.39, 0.29) is 6.04 Å². The Balaban J connectivity index is 2.49. The molecule has 0 saturated carbocycles. The second kappa shape index (κ2) is 4.19. The van der Waals surface area contributed by atoms with Crippen molar-refractivity contribution in [3.8, 4) is 5.75 Å². The van der Waals surface area contributed by atoms with E-state index in [1.165, 1.54) is 7.11 Å². The number of ether oxygens (including phenoxy) is 1. The molecule has 0 aromatic heterocycles. The minimum absolute atomic E-state index is 0.0196. The fourth-order valence-corrected chi connectivity index (χ4v) is 2.78. The van der Waals surface area contributed by atoms with Crippen LogP contribution in [0.3, 0.4) is 0 Å². The third-order valence-corrected chi connectivity index (χ3v) is 3.49. The van der Waals surface area contributed by atoms with Gasteiger partial charge in [-0.25, -0.2) is 8.42 Å². The predicted molar refractivity (Wildman–Crippen MR) is 66.7 cm³/mol. The van der Waals surface area contributed by atoms with Gasteiger partial charge >= 0.3 is 0 Å². The largest absolute Gasteiger partial charge is 0.494 e. The highest BCUT2D eigenvalue weighted by molar-refractivity contribution is 7.92. The van der Waals surface area contributed by atoms with Gasteiger partial charge in [0.25, 0.3) is 0 Å². The highest BCUT2D eigenvalue weighted by atomic mass is 32.2. The van der Waals surface area contributed by atoms with E-state index in [1.807, 2.05) is 6.07 Å². The van der Waals surface area contributed by atoms with Crippen LogP contribution in [0.15, 0.2) is 12.1 Å². The number of fused-ring (bicyclic) bond motifs is 1. The molecule has 1 aliphatic carbocycles. The number of anilines is 1. The Morgan fingerprint density at radius 2 is 2.18 bits per heavy atom. The highest BCUT2D eigenvalue weighted by Gasteiger charge is 2.24. The normalized spacial score (nSPS) is 18.9. The summed E-state index contributed by atoms with van der Waals surface area (Å²) in [5.74, 6) is 0.584. The van der Waals surface area contributed by atoms with Gasteiger partial charge in [0.1, 0.15) is 5.75 Å². The first-order valence-corrected chi connectivity index (χ1v) is 7.24. The van der Waals surface area contributed by atoms with Crippen molar-refractivity contribution in [3.63, 3.8) is 0 Å². The minimum atomic E-state index is -3.30. The molecule has 0 heterocycles. The molecule has 1 aromatic rings. The summed E-state index contributed by atoms with van der Waals surface area (Å²) in [4.78, 5) is 0. The van der Waals surface area contributed by atoms with Crippen LogP contribution in [-0.2, 0) is 16.4 Å². The lowest BCUT2D eigenvalue weighted by molar-refractivity contribution is 0.412. The second-order valence-electron chi connectivity index (χ2n) is 4.23. The van der Waals surface area contributed by atoms with Crippen LogP contribution in [0.2, 0.25) is 0 Å². The number of hydrogen-bond donors (Lipinski definition) is 2. The van der Waals surface area contributed by atoms with Gasteiger partial charge in [-0.2, -0.15) is 0 Å². The minimum Gasteiger partial charge on any atom is -0.494 e. The molecule has 5 nitrogen and oxygen atoms in total. The molecule has 0 bridgehead atoms. The van der Waals surface area contributed by atoms with Crippen molar-refractivity contribution >= 4 is 15.7 Å². The molecule has 0 radical (unpaired) electrons. The zero-order valence-corrected chi connectivity index (χ0v) is 10.7. The summed E-state index contributed by atoms with van der Waals surface area (Å²) in [6.45, 7) is 0. The quantitative estimate of drug-likeness (QED) is 0.845. The van der Waals surface area contributed by atoms with Gasteiger partial charge in [0.15, 0.2) is 0 Å². The Bertz CT molecular complexity index is 540. The molecule has 0 saturated heterocycles. The van der Waals surface area contributed by atoms with Gasteiger partial charge in [-0.1, -0.05) is 6.07 Å². The third kappa shape index (κ3) is 2.37. The molecule has 94 valence electrons. The molecule has 6 heteroatoms. The van der Waals surface area contributed by atoms with Gasteiger partial charge < -0.3 is 10.5 Å². The van der Waals surface area contributed by atoms with E-state index in [4.69, 9.17) is 10.5 Å². The Morgan fingerprint density at radius 3 is 2.76 bits per heavy atom. The number of nitrogens with one attached hydrogen (secondary N) is 1. The molecule has 0 aliphatic heterocycles. The number of methoxy groups -OCH3 is 1. The topological polar surface area (TPSA) is 81.4 Å².